The molecular formula is C19H34O. The lowest BCUT2D eigenvalue weighted by Gasteiger charge is -2.00. The van der Waals surface area contributed by atoms with Crippen LogP contribution >= 0.6 is 0 Å². The van der Waals surface area contributed by atoms with E-state index in [0.29, 0.717) is 12.2 Å². The first-order valence-electron chi connectivity index (χ1n) is 8.81. The van der Waals surface area contributed by atoms with Gasteiger partial charge in [-0.25, -0.2) is 0 Å². The number of unbranched alkanes of at least 4 members (excludes halogenated alkanes) is 8. The fourth-order valence-electron chi connectivity index (χ4n) is 2.79. The zero-order valence-corrected chi connectivity index (χ0v) is 13.5. The van der Waals surface area contributed by atoms with Gasteiger partial charge in [-0.2, -0.15) is 0 Å². The van der Waals surface area contributed by atoms with Crippen LogP contribution < -0.4 is 0 Å². The second-order valence-corrected chi connectivity index (χ2v) is 6.07. The molecule has 0 spiro atoms. The van der Waals surface area contributed by atoms with Crippen molar-refractivity contribution in [2.24, 2.45) is 0 Å². The highest BCUT2D eigenvalue weighted by molar-refractivity contribution is 4.96. The fraction of sp³-hybridized carbons (Fsp3) is 0.789. The van der Waals surface area contributed by atoms with E-state index in [9.17, 15) is 0 Å². The summed E-state index contributed by atoms with van der Waals surface area (Å²) in [5, 5.41) is 0. The average Bonchev–Trinajstić information content (AvgIpc) is 3.20. The van der Waals surface area contributed by atoms with E-state index in [1.807, 2.05) is 12.2 Å². The lowest BCUT2D eigenvalue weighted by atomic mass is 10.0. The Labute approximate surface area is 126 Å². The maximum Gasteiger partial charge on any atom is 0.0841 e. The first-order valence-corrected chi connectivity index (χ1v) is 8.81. The van der Waals surface area contributed by atoms with Crippen LogP contribution in [0.25, 0.3) is 0 Å². The molecule has 0 aliphatic carbocycles. The maximum absolute atomic E-state index is 5.76. The molecule has 0 aromatic carbocycles. The van der Waals surface area contributed by atoms with Gasteiger partial charge in [-0.15, -0.1) is 0 Å². The average molecular weight is 278 g/mol. The summed E-state index contributed by atoms with van der Waals surface area (Å²) in [7, 11) is 0. The molecule has 1 heterocycles. The third kappa shape index (κ3) is 9.36. The highest BCUT2D eigenvalue weighted by atomic mass is 16.6. The normalized spacial score (nSPS) is 21.4. The van der Waals surface area contributed by atoms with Crippen molar-refractivity contribution in [3.05, 3.63) is 24.8 Å². The van der Waals surface area contributed by atoms with Crippen LogP contribution in [-0.4, -0.2) is 12.2 Å². The Bertz CT molecular complexity index is 256. The van der Waals surface area contributed by atoms with Crippen molar-refractivity contribution < 1.29 is 4.74 Å². The van der Waals surface area contributed by atoms with Crippen LogP contribution in [0, 0.1) is 0 Å². The second-order valence-electron chi connectivity index (χ2n) is 6.07. The lowest BCUT2D eigenvalue weighted by molar-refractivity contribution is 0.348. The Hall–Kier alpha value is -0.560. The Morgan fingerprint density at radius 3 is 2.10 bits per heavy atom. The Kier molecular flexibility index (Phi) is 10.7. The van der Waals surface area contributed by atoms with Gasteiger partial charge in [-0.1, -0.05) is 83.1 Å². The maximum atomic E-state index is 5.76. The molecular weight excluding hydrogens is 244 g/mol. The fourth-order valence-corrected chi connectivity index (χ4v) is 2.79. The largest absolute Gasteiger partial charge is 0.370 e. The number of hydrogen-bond donors (Lipinski definition) is 0. The minimum atomic E-state index is 0.596. The molecule has 0 aromatic rings. The molecule has 2 atom stereocenters. The zero-order chi connectivity index (χ0) is 14.5. The third-order valence-electron chi connectivity index (χ3n) is 4.16. The minimum Gasteiger partial charge on any atom is -0.370 e. The summed E-state index contributed by atoms with van der Waals surface area (Å²) >= 11 is 0. The number of epoxide rings is 1. The van der Waals surface area contributed by atoms with Crippen molar-refractivity contribution in [1.82, 2.24) is 0 Å². The van der Waals surface area contributed by atoms with Crippen LogP contribution in [0.4, 0.5) is 0 Å². The smallest absolute Gasteiger partial charge is 0.0841 e. The quantitative estimate of drug-likeness (QED) is 0.209. The summed E-state index contributed by atoms with van der Waals surface area (Å²) in [6, 6.07) is 0. The van der Waals surface area contributed by atoms with Crippen molar-refractivity contribution >= 4 is 0 Å². The predicted molar refractivity (Wildman–Crippen MR) is 89.1 cm³/mol. The van der Waals surface area contributed by atoms with Gasteiger partial charge in [0.25, 0.3) is 0 Å². The van der Waals surface area contributed by atoms with E-state index in [0.717, 1.165) is 0 Å². The molecule has 0 bridgehead atoms. The van der Waals surface area contributed by atoms with Gasteiger partial charge in [-0.05, 0) is 25.7 Å². The molecule has 0 saturated carbocycles. The molecule has 1 aliphatic rings. The molecule has 0 radical (unpaired) electrons. The number of allylic oxidation sites excluding steroid dienone is 3. The van der Waals surface area contributed by atoms with Crippen LogP contribution in [0.2, 0.25) is 0 Å². The molecule has 0 amide bonds. The summed E-state index contributed by atoms with van der Waals surface area (Å²) in [6.07, 6.45) is 23.5. The Balaban J connectivity index is 1.79. The van der Waals surface area contributed by atoms with Gasteiger partial charge in [-0.3, -0.25) is 0 Å². The van der Waals surface area contributed by atoms with Crippen LogP contribution in [-0.2, 0) is 4.74 Å². The highest BCUT2D eigenvalue weighted by Gasteiger charge is 2.36. The predicted octanol–water partition coefficient (Wildman–Crippen LogP) is 6.20. The summed E-state index contributed by atoms with van der Waals surface area (Å²) in [4.78, 5) is 0. The molecule has 0 aromatic heterocycles. The van der Waals surface area contributed by atoms with Crippen molar-refractivity contribution in [3.8, 4) is 0 Å². The van der Waals surface area contributed by atoms with Gasteiger partial charge in [0.2, 0.25) is 0 Å². The topological polar surface area (TPSA) is 12.5 Å². The first kappa shape index (κ1) is 17.5. The summed E-state index contributed by atoms with van der Waals surface area (Å²) in [6.45, 7) is 5.95. The number of hydrogen-bond acceptors (Lipinski definition) is 1. The van der Waals surface area contributed by atoms with E-state index in [1.54, 1.807) is 0 Å². The monoisotopic (exact) mass is 278 g/mol. The van der Waals surface area contributed by atoms with Crippen molar-refractivity contribution in [2.75, 3.05) is 0 Å². The standard InChI is InChI=1S/C19H34O/c1-3-5-7-9-11-13-15-17-19-18(20-19)16-14-12-10-8-6-4-2/h4,6,8,18-19H,2-3,5,7,9-17H2,1H3. The van der Waals surface area contributed by atoms with Crippen LogP contribution in [0.1, 0.15) is 84.0 Å². The van der Waals surface area contributed by atoms with Crippen molar-refractivity contribution in [2.45, 2.75) is 96.2 Å². The molecule has 1 nitrogen and oxygen atoms in total. The molecule has 0 N–H and O–H groups in total. The molecule has 1 rings (SSSR count). The van der Waals surface area contributed by atoms with Gasteiger partial charge in [0.1, 0.15) is 0 Å². The van der Waals surface area contributed by atoms with Crippen molar-refractivity contribution in [1.29, 1.82) is 0 Å². The van der Waals surface area contributed by atoms with E-state index in [4.69, 9.17) is 4.74 Å². The summed E-state index contributed by atoms with van der Waals surface area (Å²) in [5.41, 5.74) is 0. The van der Waals surface area contributed by atoms with Gasteiger partial charge in [0, 0.05) is 0 Å². The second kappa shape index (κ2) is 12.2. The Morgan fingerprint density at radius 1 is 0.850 bits per heavy atom. The molecule has 116 valence electrons. The minimum absolute atomic E-state index is 0.596. The third-order valence-corrected chi connectivity index (χ3v) is 4.16. The van der Waals surface area contributed by atoms with E-state index in [1.165, 1.54) is 77.0 Å². The molecule has 1 aliphatic heterocycles. The summed E-state index contributed by atoms with van der Waals surface area (Å²) in [5.74, 6) is 0. The first-order chi connectivity index (χ1) is 9.88. The zero-order valence-electron chi connectivity index (χ0n) is 13.5. The van der Waals surface area contributed by atoms with E-state index >= 15 is 0 Å². The van der Waals surface area contributed by atoms with Gasteiger partial charge < -0.3 is 4.74 Å². The molecule has 1 heteroatoms. The van der Waals surface area contributed by atoms with Gasteiger partial charge in [0.05, 0.1) is 12.2 Å². The number of ether oxygens (including phenoxy) is 1. The molecule has 1 saturated heterocycles. The molecule has 1 fully saturated rings. The van der Waals surface area contributed by atoms with Crippen LogP contribution in [0.3, 0.4) is 0 Å². The van der Waals surface area contributed by atoms with Crippen LogP contribution in [0.5, 0.6) is 0 Å². The van der Waals surface area contributed by atoms with E-state index in [-0.39, 0.29) is 0 Å². The van der Waals surface area contributed by atoms with Crippen LogP contribution in [0.15, 0.2) is 24.8 Å². The van der Waals surface area contributed by atoms with Gasteiger partial charge >= 0.3 is 0 Å². The Morgan fingerprint density at radius 2 is 1.45 bits per heavy atom. The molecule has 2 unspecified atom stereocenters. The van der Waals surface area contributed by atoms with E-state index in [2.05, 4.69) is 19.6 Å². The lowest BCUT2D eigenvalue weighted by Crippen LogP contribution is -1.94. The number of rotatable bonds is 14. The SMILES string of the molecule is C=CC=CCCCCC1OC1CCCCCCCCC. The molecule has 20 heavy (non-hydrogen) atoms. The van der Waals surface area contributed by atoms with E-state index < -0.39 is 0 Å². The van der Waals surface area contributed by atoms with Crippen molar-refractivity contribution in [3.63, 3.8) is 0 Å². The van der Waals surface area contributed by atoms with Gasteiger partial charge in [0.15, 0.2) is 0 Å². The highest BCUT2D eigenvalue weighted by Crippen LogP contribution is 2.31. The summed E-state index contributed by atoms with van der Waals surface area (Å²) < 4.78 is 5.76.